The van der Waals surface area contributed by atoms with Crippen molar-refractivity contribution in [2.45, 2.75) is 19.8 Å². The van der Waals surface area contributed by atoms with Gasteiger partial charge < -0.3 is 9.42 Å². The molecule has 3 nitrogen and oxygen atoms in total. The van der Waals surface area contributed by atoms with Crippen LogP contribution in [0.1, 0.15) is 19.8 Å². The van der Waals surface area contributed by atoms with E-state index in [1.54, 1.807) is 0 Å². The predicted molar refractivity (Wildman–Crippen MR) is 72.6 cm³/mol. The van der Waals surface area contributed by atoms with E-state index in [0.29, 0.717) is 0 Å². The summed E-state index contributed by atoms with van der Waals surface area (Å²) in [6.07, 6.45) is 2.56. The topological polar surface area (TPSA) is 29.3 Å². The van der Waals surface area contributed by atoms with Crippen LogP contribution in [0.2, 0.25) is 0 Å². The highest BCUT2D eigenvalue weighted by molar-refractivity contribution is 5.61. The van der Waals surface area contributed by atoms with Crippen LogP contribution in [-0.4, -0.2) is 18.2 Å². The first kappa shape index (κ1) is 11.3. The molecule has 1 aromatic heterocycles. The van der Waals surface area contributed by atoms with Crippen molar-refractivity contribution in [2.75, 3.05) is 18.0 Å². The fraction of sp³-hybridized carbons (Fsp3) is 0.400. The van der Waals surface area contributed by atoms with E-state index in [9.17, 15) is 0 Å². The van der Waals surface area contributed by atoms with Crippen LogP contribution in [-0.2, 0) is 0 Å². The van der Waals surface area contributed by atoms with Crippen LogP contribution in [0.5, 0.6) is 0 Å². The summed E-state index contributed by atoms with van der Waals surface area (Å²) in [5.41, 5.74) is 1.08. The summed E-state index contributed by atoms with van der Waals surface area (Å²) in [4.78, 5) is 2.32. The van der Waals surface area contributed by atoms with Gasteiger partial charge in [-0.3, -0.25) is 0 Å². The molecule has 0 spiro atoms. The first-order valence-corrected chi connectivity index (χ1v) is 6.60. The van der Waals surface area contributed by atoms with E-state index in [-0.39, 0.29) is 0 Å². The van der Waals surface area contributed by atoms with Crippen LogP contribution in [0.15, 0.2) is 40.9 Å². The Morgan fingerprint density at radius 3 is 2.89 bits per heavy atom. The lowest BCUT2D eigenvalue weighted by atomic mass is 10.0. The second-order valence-corrected chi connectivity index (χ2v) is 5.11. The Bertz CT molecular complexity index is 506. The van der Waals surface area contributed by atoms with Gasteiger partial charge in [0, 0.05) is 24.7 Å². The van der Waals surface area contributed by atoms with Gasteiger partial charge >= 0.3 is 0 Å². The maximum atomic E-state index is 5.45. The number of anilines is 1. The molecule has 0 bridgehead atoms. The average molecular weight is 242 g/mol. The SMILES string of the molecule is CC1CCCN(c2cc(-c3ccccc3)on2)C1. The number of piperidine rings is 1. The molecule has 2 heterocycles. The highest BCUT2D eigenvalue weighted by Gasteiger charge is 2.19. The quantitative estimate of drug-likeness (QED) is 0.806. The summed E-state index contributed by atoms with van der Waals surface area (Å²) >= 11 is 0. The fourth-order valence-electron chi connectivity index (χ4n) is 2.55. The van der Waals surface area contributed by atoms with Crippen molar-refractivity contribution in [3.05, 3.63) is 36.4 Å². The molecule has 1 atom stereocenters. The van der Waals surface area contributed by atoms with Gasteiger partial charge in [-0.15, -0.1) is 0 Å². The van der Waals surface area contributed by atoms with Crippen LogP contribution in [0.25, 0.3) is 11.3 Å². The smallest absolute Gasteiger partial charge is 0.172 e. The van der Waals surface area contributed by atoms with Gasteiger partial charge in [-0.2, -0.15) is 0 Å². The maximum Gasteiger partial charge on any atom is 0.172 e. The molecule has 0 N–H and O–H groups in total. The molecule has 1 aromatic carbocycles. The van der Waals surface area contributed by atoms with E-state index in [0.717, 1.165) is 36.1 Å². The third-order valence-electron chi connectivity index (χ3n) is 3.54. The van der Waals surface area contributed by atoms with Gasteiger partial charge in [-0.1, -0.05) is 42.4 Å². The average Bonchev–Trinajstić information content (AvgIpc) is 2.89. The number of aromatic nitrogens is 1. The van der Waals surface area contributed by atoms with E-state index in [2.05, 4.69) is 17.0 Å². The van der Waals surface area contributed by atoms with Crippen LogP contribution in [0.3, 0.4) is 0 Å². The van der Waals surface area contributed by atoms with Crippen LogP contribution >= 0.6 is 0 Å². The molecule has 3 heteroatoms. The molecule has 94 valence electrons. The van der Waals surface area contributed by atoms with Crippen LogP contribution in [0, 0.1) is 5.92 Å². The molecule has 1 fully saturated rings. The van der Waals surface area contributed by atoms with Crippen molar-refractivity contribution in [2.24, 2.45) is 5.92 Å². The van der Waals surface area contributed by atoms with E-state index in [4.69, 9.17) is 4.52 Å². The molecule has 1 saturated heterocycles. The fourth-order valence-corrected chi connectivity index (χ4v) is 2.55. The molecular formula is C15H18N2O. The Morgan fingerprint density at radius 2 is 2.11 bits per heavy atom. The first-order valence-electron chi connectivity index (χ1n) is 6.60. The lowest BCUT2D eigenvalue weighted by molar-refractivity contribution is 0.412. The predicted octanol–water partition coefficient (Wildman–Crippen LogP) is 3.58. The largest absolute Gasteiger partial charge is 0.354 e. The number of benzene rings is 1. The summed E-state index contributed by atoms with van der Waals surface area (Å²) in [5, 5.41) is 4.20. The van der Waals surface area contributed by atoms with Crippen LogP contribution in [0.4, 0.5) is 5.82 Å². The maximum absolute atomic E-state index is 5.45. The van der Waals surface area contributed by atoms with Crippen molar-refractivity contribution in [3.63, 3.8) is 0 Å². The zero-order valence-corrected chi connectivity index (χ0v) is 10.7. The minimum atomic E-state index is 0.746. The third-order valence-corrected chi connectivity index (χ3v) is 3.54. The summed E-state index contributed by atoms with van der Waals surface area (Å²) < 4.78 is 5.45. The van der Waals surface area contributed by atoms with E-state index in [1.807, 2.05) is 36.4 Å². The number of hydrogen-bond acceptors (Lipinski definition) is 3. The van der Waals surface area contributed by atoms with Crippen LogP contribution < -0.4 is 4.90 Å². The minimum Gasteiger partial charge on any atom is -0.354 e. The second-order valence-electron chi connectivity index (χ2n) is 5.11. The van der Waals surface area contributed by atoms with E-state index in [1.165, 1.54) is 12.8 Å². The summed E-state index contributed by atoms with van der Waals surface area (Å²) in [5.74, 6) is 2.57. The Labute approximate surface area is 107 Å². The Balaban J connectivity index is 1.81. The molecule has 2 aromatic rings. The molecule has 3 rings (SSSR count). The zero-order valence-electron chi connectivity index (χ0n) is 10.7. The highest BCUT2D eigenvalue weighted by Crippen LogP contribution is 2.27. The lowest BCUT2D eigenvalue weighted by Crippen LogP contribution is -2.34. The molecule has 1 unspecified atom stereocenters. The third kappa shape index (κ3) is 2.26. The minimum absolute atomic E-state index is 0.746. The van der Waals surface area contributed by atoms with E-state index < -0.39 is 0 Å². The van der Waals surface area contributed by atoms with Gasteiger partial charge in [0.2, 0.25) is 0 Å². The van der Waals surface area contributed by atoms with Gasteiger partial charge in [-0.05, 0) is 18.8 Å². The molecular weight excluding hydrogens is 224 g/mol. The highest BCUT2D eigenvalue weighted by atomic mass is 16.5. The Kier molecular flexibility index (Phi) is 3.05. The lowest BCUT2D eigenvalue weighted by Gasteiger charge is -2.30. The molecule has 0 radical (unpaired) electrons. The summed E-state index contributed by atoms with van der Waals surface area (Å²) in [6.45, 7) is 4.47. The first-order chi connectivity index (χ1) is 8.83. The van der Waals surface area contributed by atoms with Gasteiger partial charge in [0.1, 0.15) is 0 Å². The molecule has 1 aliphatic heterocycles. The van der Waals surface area contributed by atoms with Crippen molar-refractivity contribution >= 4 is 5.82 Å². The van der Waals surface area contributed by atoms with Crippen molar-refractivity contribution < 1.29 is 4.52 Å². The monoisotopic (exact) mass is 242 g/mol. The molecule has 18 heavy (non-hydrogen) atoms. The van der Waals surface area contributed by atoms with Gasteiger partial charge in [0.05, 0.1) is 0 Å². The summed E-state index contributed by atoms with van der Waals surface area (Å²) in [6, 6.07) is 12.2. The molecule has 0 saturated carbocycles. The summed E-state index contributed by atoms with van der Waals surface area (Å²) in [7, 11) is 0. The van der Waals surface area contributed by atoms with Crippen molar-refractivity contribution in [1.82, 2.24) is 5.16 Å². The normalized spacial score (nSPS) is 20.1. The Hall–Kier alpha value is -1.77. The number of nitrogens with zero attached hydrogens (tertiary/aromatic N) is 2. The van der Waals surface area contributed by atoms with Gasteiger partial charge in [0.25, 0.3) is 0 Å². The second kappa shape index (κ2) is 4.84. The zero-order chi connectivity index (χ0) is 12.4. The molecule has 0 amide bonds. The van der Waals surface area contributed by atoms with Crippen molar-refractivity contribution in [1.29, 1.82) is 0 Å². The van der Waals surface area contributed by atoms with Gasteiger partial charge in [0.15, 0.2) is 11.6 Å². The number of rotatable bonds is 2. The standard InChI is InChI=1S/C15H18N2O/c1-12-6-5-9-17(11-12)15-10-14(18-16-15)13-7-3-2-4-8-13/h2-4,7-8,10,12H,5-6,9,11H2,1H3. The Morgan fingerprint density at radius 1 is 1.28 bits per heavy atom. The molecule has 0 aliphatic carbocycles. The molecule has 1 aliphatic rings. The van der Waals surface area contributed by atoms with Crippen molar-refractivity contribution in [3.8, 4) is 11.3 Å². The van der Waals surface area contributed by atoms with Gasteiger partial charge in [-0.25, -0.2) is 0 Å². The number of hydrogen-bond donors (Lipinski definition) is 0. The van der Waals surface area contributed by atoms with E-state index >= 15 is 0 Å².